The van der Waals surface area contributed by atoms with E-state index in [4.69, 9.17) is 5.73 Å². The highest BCUT2D eigenvalue weighted by atomic mass is 16.1. The molecule has 1 aliphatic heterocycles. The van der Waals surface area contributed by atoms with Gasteiger partial charge in [0.1, 0.15) is 0 Å². The average Bonchev–Trinajstić information content (AvgIpc) is 2.76. The van der Waals surface area contributed by atoms with Gasteiger partial charge in [0.05, 0.1) is 17.6 Å². The van der Waals surface area contributed by atoms with Crippen LogP contribution in [0.3, 0.4) is 0 Å². The number of nitrogens with two attached hydrogens (primary N) is 1. The van der Waals surface area contributed by atoms with Gasteiger partial charge in [0.15, 0.2) is 0 Å². The minimum absolute atomic E-state index is 0.0345. The number of aromatic nitrogens is 1. The number of amides is 1. The SMILES string of the molecule is CC(=O)NC1CCN(c2ccc(C(C)N)nc2)C1. The summed E-state index contributed by atoms with van der Waals surface area (Å²) in [6, 6.07) is 4.22. The van der Waals surface area contributed by atoms with Crippen LogP contribution < -0.4 is 16.0 Å². The Morgan fingerprint density at radius 3 is 2.94 bits per heavy atom. The van der Waals surface area contributed by atoms with Crippen molar-refractivity contribution in [2.75, 3.05) is 18.0 Å². The second-order valence-electron chi connectivity index (χ2n) is 4.86. The summed E-state index contributed by atoms with van der Waals surface area (Å²) in [5, 5.41) is 2.95. The predicted octanol–water partition coefficient (Wildman–Crippen LogP) is 0.816. The van der Waals surface area contributed by atoms with Crippen molar-refractivity contribution in [2.24, 2.45) is 5.73 Å². The molecule has 1 aliphatic rings. The first-order valence-electron chi connectivity index (χ1n) is 6.30. The molecular weight excluding hydrogens is 228 g/mol. The topological polar surface area (TPSA) is 71.2 Å². The van der Waals surface area contributed by atoms with Gasteiger partial charge in [0.2, 0.25) is 5.91 Å². The molecule has 2 unspecified atom stereocenters. The van der Waals surface area contributed by atoms with Gasteiger partial charge in [-0.25, -0.2) is 0 Å². The first-order chi connectivity index (χ1) is 8.56. The standard InChI is InChI=1S/C13H20N4O/c1-9(14)13-4-3-12(7-15-13)17-6-5-11(8-17)16-10(2)18/h3-4,7,9,11H,5-6,8,14H2,1-2H3,(H,16,18). The van der Waals surface area contributed by atoms with E-state index in [9.17, 15) is 4.79 Å². The fourth-order valence-electron chi connectivity index (χ4n) is 2.25. The summed E-state index contributed by atoms with van der Waals surface area (Å²) in [7, 11) is 0. The molecular formula is C13H20N4O. The van der Waals surface area contributed by atoms with E-state index >= 15 is 0 Å². The van der Waals surface area contributed by atoms with Crippen LogP contribution >= 0.6 is 0 Å². The highest BCUT2D eigenvalue weighted by Gasteiger charge is 2.23. The molecule has 1 amide bonds. The van der Waals surface area contributed by atoms with Crippen LogP contribution in [0.15, 0.2) is 18.3 Å². The quantitative estimate of drug-likeness (QED) is 0.830. The minimum Gasteiger partial charge on any atom is -0.368 e. The molecule has 5 nitrogen and oxygen atoms in total. The van der Waals surface area contributed by atoms with Crippen molar-refractivity contribution in [2.45, 2.75) is 32.4 Å². The van der Waals surface area contributed by atoms with Crippen molar-refractivity contribution in [1.29, 1.82) is 0 Å². The number of hydrogen-bond donors (Lipinski definition) is 2. The molecule has 98 valence electrons. The summed E-state index contributed by atoms with van der Waals surface area (Å²) < 4.78 is 0. The van der Waals surface area contributed by atoms with Gasteiger partial charge in [-0.05, 0) is 25.5 Å². The molecule has 0 aromatic carbocycles. The maximum Gasteiger partial charge on any atom is 0.217 e. The Bertz CT molecular complexity index is 416. The van der Waals surface area contributed by atoms with Crippen molar-refractivity contribution < 1.29 is 4.79 Å². The number of carbonyl (C=O) groups is 1. The predicted molar refractivity (Wildman–Crippen MR) is 71.3 cm³/mol. The summed E-state index contributed by atoms with van der Waals surface area (Å²) in [6.07, 6.45) is 2.84. The molecule has 3 N–H and O–H groups in total. The van der Waals surface area contributed by atoms with E-state index in [0.29, 0.717) is 0 Å². The molecule has 1 saturated heterocycles. The normalized spacial score (nSPS) is 20.8. The molecule has 1 fully saturated rings. The zero-order valence-electron chi connectivity index (χ0n) is 10.9. The lowest BCUT2D eigenvalue weighted by Crippen LogP contribution is -2.35. The Morgan fingerprint density at radius 1 is 1.61 bits per heavy atom. The summed E-state index contributed by atoms with van der Waals surface area (Å²) in [6.45, 7) is 5.27. The molecule has 1 aromatic heterocycles. The Balaban J connectivity index is 1.98. The summed E-state index contributed by atoms with van der Waals surface area (Å²) in [5.74, 6) is 0.0345. The van der Waals surface area contributed by atoms with Crippen LogP contribution in [0.2, 0.25) is 0 Å². The zero-order valence-corrected chi connectivity index (χ0v) is 10.9. The van der Waals surface area contributed by atoms with Crippen molar-refractivity contribution in [3.63, 3.8) is 0 Å². The third-order valence-electron chi connectivity index (χ3n) is 3.20. The van der Waals surface area contributed by atoms with Crippen molar-refractivity contribution >= 4 is 11.6 Å². The number of anilines is 1. The number of hydrogen-bond acceptors (Lipinski definition) is 4. The molecule has 0 aliphatic carbocycles. The van der Waals surface area contributed by atoms with E-state index in [0.717, 1.165) is 30.9 Å². The van der Waals surface area contributed by atoms with Crippen LogP contribution in [0.25, 0.3) is 0 Å². The smallest absolute Gasteiger partial charge is 0.217 e. The Kier molecular flexibility index (Phi) is 3.81. The van der Waals surface area contributed by atoms with Crippen molar-refractivity contribution in [3.8, 4) is 0 Å². The molecule has 0 bridgehead atoms. The maximum atomic E-state index is 11.0. The van der Waals surface area contributed by atoms with Crippen LogP contribution in [0.5, 0.6) is 0 Å². The van der Waals surface area contributed by atoms with Crippen LogP contribution in [0.4, 0.5) is 5.69 Å². The molecule has 2 rings (SSSR count). The third kappa shape index (κ3) is 2.98. The maximum absolute atomic E-state index is 11.0. The van der Waals surface area contributed by atoms with Gasteiger partial charge in [-0.15, -0.1) is 0 Å². The average molecular weight is 248 g/mol. The van der Waals surface area contributed by atoms with Gasteiger partial charge in [0, 0.05) is 32.1 Å². The van der Waals surface area contributed by atoms with Gasteiger partial charge >= 0.3 is 0 Å². The molecule has 0 saturated carbocycles. The van der Waals surface area contributed by atoms with E-state index in [1.54, 1.807) is 6.92 Å². The van der Waals surface area contributed by atoms with E-state index in [1.165, 1.54) is 0 Å². The summed E-state index contributed by atoms with van der Waals surface area (Å²) in [5.41, 5.74) is 7.76. The van der Waals surface area contributed by atoms with E-state index in [-0.39, 0.29) is 18.0 Å². The second-order valence-corrected chi connectivity index (χ2v) is 4.86. The summed E-state index contributed by atoms with van der Waals surface area (Å²) in [4.78, 5) is 17.6. The van der Waals surface area contributed by atoms with Crippen molar-refractivity contribution in [1.82, 2.24) is 10.3 Å². The first kappa shape index (κ1) is 12.8. The third-order valence-corrected chi connectivity index (χ3v) is 3.20. The lowest BCUT2D eigenvalue weighted by molar-refractivity contribution is -0.119. The van der Waals surface area contributed by atoms with E-state index in [2.05, 4.69) is 15.2 Å². The van der Waals surface area contributed by atoms with Gasteiger partial charge in [-0.2, -0.15) is 0 Å². The highest BCUT2D eigenvalue weighted by molar-refractivity contribution is 5.73. The number of rotatable bonds is 3. The molecule has 5 heteroatoms. The lowest BCUT2D eigenvalue weighted by Gasteiger charge is -2.19. The zero-order chi connectivity index (χ0) is 13.1. The number of pyridine rings is 1. The highest BCUT2D eigenvalue weighted by Crippen LogP contribution is 2.20. The van der Waals surface area contributed by atoms with Crippen LogP contribution in [-0.2, 0) is 4.79 Å². The molecule has 2 heterocycles. The Labute approximate surface area is 107 Å². The first-order valence-corrected chi connectivity index (χ1v) is 6.30. The number of nitrogens with zero attached hydrogens (tertiary/aromatic N) is 2. The molecule has 2 atom stereocenters. The van der Waals surface area contributed by atoms with Gasteiger partial charge in [0.25, 0.3) is 0 Å². The molecule has 0 spiro atoms. The fourth-order valence-corrected chi connectivity index (χ4v) is 2.25. The van der Waals surface area contributed by atoms with Crippen LogP contribution in [0, 0.1) is 0 Å². The molecule has 0 radical (unpaired) electrons. The molecule has 1 aromatic rings. The second kappa shape index (κ2) is 5.35. The van der Waals surface area contributed by atoms with Crippen LogP contribution in [0.1, 0.15) is 32.0 Å². The van der Waals surface area contributed by atoms with Crippen molar-refractivity contribution in [3.05, 3.63) is 24.0 Å². The van der Waals surface area contributed by atoms with Gasteiger partial charge < -0.3 is 16.0 Å². The lowest BCUT2D eigenvalue weighted by atomic mass is 10.2. The van der Waals surface area contributed by atoms with Gasteiger partial charge in [-0.3, -0.25) is 9.78 Å². The van der Waals surface area contributed by atoms with E-state index < -0.39 is 0 Å². The van der Waals surface area contributed by atoms with Gasteiger partial charge in [-0.1, -0.05) is 0 Å². The van der Waals surface area contributed by atoms with Crippen LogP contribution in [-0.4, -0.2) is 30.0 Å². The van der Waals surface area contributed by atoms with E-state index in [1.807, 2.05) is 25.3 Å². The number of nitrogens with one attached hydrogen (secondary N) is 1. The number of carbonyl (C=O) groups excluding carboxylic acids is 1. The summed E-state index contributed by atoms with van der Waals surface area (Å²) >= 11 is 0. The largest absolute Gasteiger partial charge is 0.368 e. The Hall–Kier alpha value is -1.62. The fraction of sp³-hybridized carbons (Fsp3) is 0.538. The monoisotopic (exact) mass is 248 g/mol. The minimum atomic E-state index is -0.0373. The molecule has 18 heavy (non-hydrogen) atoms. The Morgan fingerprint density at radius 2 is 2.39 bits per heavy atom.